The maximum Gasteiger partial charge on any atom is 0.270 e. The number of benzene rings is 1. The molecule has 0 saturated heterocycles. The average molecular weight is 420 g/mol. The highest BCUT2D eigenvalue weighted by Crippen LogP contribution is 2.21. The van der Waals surface area contributed by atoms with Crippen LogP contribution < -0.4 is 4.13 Å². The SMILES string of the molecule is CS(=O)(=O)NS(=O)(=O)Cc1ccc([N+](=O)[O-])cc1I. The summed E-state index contributed by atoms with van der Waals surface area (Å²) in [5.74, 6) is -0.573. The number of nitrogens with one attached hydrogen (secondary N) is 1. The third-order valence-electron chi connectivity index (χ3n) is 1.87. The summed E-state index contributed by atoms with van der Waals surface area (Å²) in [6.07, 6.45) is 0.728. The molecule has 106 valence electrons. The molecule has 1 rings (SSSR count). The first-order chi connectivity index (χ1) is 8.50. The maximum absolute atomic E-state index is 11.6. The zero-order chi connectivity index (χ0) is 14.8. The lowest BCUT2D eigenvalue weighted by molar-refractivity contribution is -0.385. The fourth-order valence-electron chi connectivity index (χ4n) is 1.23. The van der Waals surface area contributed by atoms with Gasteiger partial charge in [-0.05, 0) is 28.2 Å². The molecule has 1 N–H and O–H groups in total. The van der Waals surface area contributed by atoms with Gasteiger partial charge in [0.1, 0.15) is 0 Å². The van der Waals surface area contributed by atoms with Crippen LogP contribution in [-0.2, 0) is 25.8 Å². The molecule has 0 radical (unpaired) electrons. The lowest BCUT2D eigenvalue weighted by Gasteiger charge is -2.06. The Labute approximate surface area is 123 Å². The molecule has 0 spiro atoms. The Morgan fingerprint density at radius 2 is 1.89 bits per heavy atom. The maximum atomic E-state index is 11.6. The normalized spacial score (nSPS) is 12.3. The molecule has 0 aliphatic rings. The van der Waals surface area contributed by atoms with Gasteiger partial charge < -0.3 is 0 Å². The number of nitro benzene ring substituents is 1. The molecule has 0 atom stereocenters. The number of hydrogen-bond acceptors (Lipinski definition) is 6. The molecule has 0 aliphatic heterocycles. The van der Waals surface area contributed by atoms with Crippen LogP contribution in [0.15, 0.2) is 18.2 Å². The highest BCUT2D eigenvalue weighted by atomic mass is 127. The number of non-ortho nitro benzene ring substituents is 1. The summed E-state index contributed by atoms with van der Waals surface area (Å²) >= 11 is 1.75. The predicted molar refractivity (Wildman–Crippen MR) is 76.4 cm³/mol. The molecular weight excluding hydrogens is 411 g/mol. The first-order valence-corrected chi connectivity index (χ1v) is 9.26. The fraction of sp³-hybridized carbons (Fsp3) is 0.250. The zero-order valence-electron chi connectivity index (χ0n) is 9.53. The first-order valence-electron chi connectivity index (χ1n) is 4.64. The third-order valence-corrected chi connectivity index (χ3v) is 5.79. The molecule has 19 heavy (non-hydrogen) atoms. The van der Waals surface area contributed by atoms with E-state index in [0.29, 0.717) is 3.57 Å². The van der Waals surface area contributed by atoms with Crippen LogP contribution in [-0.4, -0.2) is 28.0 Å². The van der Waals surface area contributed by atoms with E-state index in [0.717, 1.165) is 12.3 Å². The van der Waals surface area contributed by atoms with Gasteiger partial charge in [-0.2, -0.15) is 0 Å². The fourth-order valence-corrected chi connectivity index (χ4v) is 4.92. The van der Waals surface area contributed by atoms with Crippen molar-refractivity contribution in [2.45, 2.75) is 5.75 Å². The van der Waals surface area contributed by atoms with Crippen LogP contribution in [0.1, 0.15) is 5.56 Å². The molecule has 0 unspecified atom stereocenters. The number of rotatable bonds is 5. The second-order valence-corrected chi connectivity index (χ2v) is 8.54. The molecule has 0 bridgehead atoms. The van der Waals surface area contributed by atoms with Gasteiger partial charge in [0.15, 0.2) is 0 Å². The van der Waals surface area contributed by atoms with Gasteiger partial charge in [0.05, 0.1) is 16.9 Å². The van der Waals surface area contributed by atoms with E-state index in [1.165, 1.54) is 16.3 Å². The lowest BCUT2D eigenvalue weighted by atomic mass is 10.2. The summed E-state index contributed by atoms with van der Waals surface area (Å²) in [5.41, 5.74) is 0.115. The van der Waals surface area contributed by atoms with Crippen LogP contribution in [0.4, 0.5) is 5.69 Å². The highest BCUT2D eigenvalue weighted by Gasteiger charge is 2.19. The minimum absolute atomic E-state index is 0.165. The van der Waals surface area contributed by atoms with Crippen LogP contribution in [0.5, 0.6) is 0 Å². The van der Waals surface area contributed by atoms with Crippen LogP contribution in [0.25, 0.3) is 0 Å². The Kier molecular flexibility index (Phi) is 4.86. The monoisotopic (exact) mass is 420 g/mol. The van der Waals surface area contributed by atoms with E-state index in [1.807, 2.05) is 0 Å². The van der Waals surface area contributed by atoms with Crippen molar-refractivity contribution in [3.05, 3.63) is 37.4 Å². The summed E-state index contributed by atoms with van der Waals surface area (Å²) in [7, 11) is -7.95. The topological polar surface area (TPSA) is 123 Å². The summed E-state index contributed by atoms with van der Waals surface area (Å²) in [4.78, 5) is 9.93. The van der Waals surface area contributed by atoms with Crippen molar-refractivity contribution in [2.24, 2.45) is 0 Å². The van der Waals surface area contributed by atoms with Gasteiger partial charge in [-0.15, -0.1) is 4.13 Å². The van der Waals surface area contributed by atoms with Gasteiger partial charge >= 0.3 is 0 Å². The highest BCUT2D eigenvalue weighted by molar-refractivity contribution is 14.1. The van der Waals surface area contributed by atoms with Crippen LogP contribution in [0, 0.1) is 13.7 Å². The number of hydrogen-bond donors (Lipinski definition) is 1. The average Bonchev–Trinajstić information content (AvgIpc) is 2.16. The molecular formula is C8H9IN2O6S2. The van der Waals surface area contributed by atoms with Gasteiger partial charge in [0.2, 0.25) is 20.0 Å². The van der Waals surface area contributed by atoms with Gasteiger partial charge in [-0.1, -0.05) is 6.07 Å². The number of sulfonamides is 2. The van der Waals surface area contributed by atoms with E-state index in [2.05, 4.69) is 0 Å². The van der Waals surface area contributed by atoms with Gasteiger partial charge in [-0.3, -0.25) is 10.1 Å². The van der Waals surface area contributed by atoms with Gasteiger partial charge in [0.25, 0.3) is 5.69 Å². The van der Waals surface area contributed by atoms with Crippen LogP contribution in [0.2, 0.25) is 0 Å². The van der Waals surface area contributed by atoms with Crippen molar-refractivity contribution < 1.29 is 21.8 Å². The minimum atomic E-state index is -4.06. The molecule has 0 heterocycles. The van der Waals surface area contributed by atoms with Crippen molar-refractivity contribution in [1.82, 2.24) is 4.13 Å². The third kappa shape index (κ3) is 5.38. The van der Waals surface area contributed by atoms with Crippen molar-refractivity contribution in [2.75, 3.05) is 6.26 Å². The van der Waals surface area contributed by atoms with Crippen molar-refractivity contribution in [3.8, 4) is 0 Å². The number of halogens is 1. The molecule has 8 nitrogen and oxygen atoms in total. The molecule has 1 aromatic carbocycles. The Morgan fingerprint density at radius 1 is 1.32 bits per heavy atom. The molecule has 0 saturated carbocycles. The van der Waals surface area contributed by atoms with E-state index in [9.17, 15) is 26.9 Å². The second kappa shape index (κ2) is 5.68. The summed E-state index contributed by atoms with van der Waals surface area (Å²) < 4.78 is 46.8. The quantitative estimate of drug-likeness (QED) is 0.422. The van der Waals surface area contributed by atoms with Gasteiger partial charge in [-0.25, -0.2) is 16.8 Å². The van der Waals surface area contributed by atoms with E-state index >= 15 is 0 Å². The molecule has 0 amide bonds. The van der Waals surface area contributed by atoms with E-state index in [1.54, 1.807) is 22.6 Å². The lowest BCUT2D eigenvalue weighted by Crippen LogP contribution is -2.30. The second-order valence-electron chi connectivity index (χ2n) is 3.65. The van der Waals surface area contributed by atoms with Crippen LogP contribution in [0.3, 0.4) is 0 Å². The Bertz CT molecular complexity index is 713. The Hall–Kier alpha value is -0.790. The predicted octanol–water partition coefficient (Wildman–Crippen LogP) is 0.578. The summed E-state index contributed by atoms with van der Waals surface area (Å²) in [5, 5.41) is 10.5. The van der Waals surface area contributed by atoms with Crippen molar-refractivity contribution in [1.29, 1.82) is 0 Å². The van der Waals surface area contributed by atoms with E-state index in [4.69, 9.17) is 0 Å². The van der Waals surface area contributed by atoms with Crippen molar-refractivity contribution >= 4 is 48.3 Å². The molecule has 0 fully saturated rings. The number of nitro groups is 1. The van der Waals surface area contributed by atoms with Gasteiger partial charge in [0, 0.05) is 15.7 Å². The van der Waals surface area contributed by atoms with E-state index < -0.39 is 30.7 Å². The molecule has 11 heteroatoms. The molecule has 1 aromatic rings. The minimum Gasteiger partial charge on any atom is -0.258 e. The Morgan fingerprint density at radius 3 is 2.32 bits per heavy atom. The van der Waals surface area contributed by atoms with Crippen LogP contribution >= 0.6 is 22.6 Å². The Balaban J connectivity index is 3.04. The zero-order valence-corrected chi connectivity index (χ0v) is 13.3. The number of nitrogens with zero attached hydrogens (tertiary/aromatic N) is 1. The molecule has 0 aliphatic carbocycles. The standard InChI is InChI=1S/C8H9IN2O6S2/c1-18(14,15)10-19(16,17)5-6-2-3-7(11(12)13)4-8(6)9/h2-4,10H,5H2,1H3. The van der Waals surface area contributed by atoms with Crippen molar-refractivity contribution in [3.63, 3.8) is 0 Å². The summed E-state index contributed by atoms with van der Waals surface area (Å²) in [6.45, 7) is 0. The first kappa shape index (κ1) is 16.3. The van der Waals surface area contributed by atoms with E-state index in [-0.39, 0.29) is 11.3 Å². The molecule has 0 aromatic heterocycles. The largest absolute Gasteiger partial charge is 0.270 e. The smallest absolute Gasteiger partial charge is 0.258 e. The summed E-state index contributed by atoms with van der Waals surface area (Å²) in [6, 6.07) is 3.65.